The van der Waals surface area contributed by atoms with Gasteiger partial charge in [0, 0.05) is 11.8 Å². The van der Waals surface area contributed by atoms with Gasteiger partial charge in [-0.2, -0.15) is 0 Å². The highest BCUT2D eigenvalue weighted by Crippen LogP contribution is 2.58. The van der Waals surface area contributed by atoms with Crippen molar-refractivity contribution < 1.29 is 34.4 Å². The van der Waals surface area contributed by atoms with Gasteiger partial charge in [-0.3, -0.25) is 18.9 Å². The van der Waals surface area contributed by atoms with Gasteiger partial charge in [0.05, 0.1) is 6.61 Å². The zero-order valence-corrected chi connectivity index (χ0v) is 12.2. The summed E-state index contributed by atoms with van der Waals surface area (Å²) < 4.78 is 17.2. The number of rotatable bonds is 3. The zero-order chi connectivity index (χ0) is 16.9. The van der Waals surface area contributed by atoms with Gasteiger partial charge >= 0.3 is 13.3 Å². The summed E-state index contributed by atoms with van der Waals surface area (Å²) in [5.74, 6) is 0. The quantitative estimate of drug-likeness (QED) is 0.312. The summed E-state index contributed by atoms with van der Waals surface area (Å²) >= 11 is 0. The van der Waals surface area contributed by atoms with Crippen molar-refractivity contribution in [2.24, 2.45) is 0 Å². The first-order valence-corrected chi connectivity index (χ1v) is 7.69. The van der Waals surface area contributed by atoms with E-state index >= 15 is 0 Å². The van der Waals surface area contributed by atoms with Crippen LogP contribution in [0.4, 0.5) is 0 Å². The first-order valence-electron chi connectivity index (χ1n) is 6.08. The molecule has 6 N–H and O–H groups in total. The molecular formula is C10H15N2O9P. The summed E-state index contributed by atoms with van der Waals surface area (Å²) in [4.78, 5) is 43.5. The van der Waals surface area contributed by atoms with Crippen LogP contribution < -0.4 is 11.2 Å². The van der Waals surface area contributed by atoms with E-state index in [1.165, 1.54) is 6.92 Å². The normalized spacial score (nSPS) is 32.4. The Balaban J connectivity index is 2.57. The van der Waals surface area contributed by atoms with Crippen LogP contribution in [0.25, 0.3) is 0 Å². The van der Waals surface area contributed by atoms with Crippen molar-refractivity contribution in [1.29, 1.82) is 0 Å². The molecule has 1 aromatic heterocycles. The van der Waals surface area contributed by atoms with Crippen LogP contribution in [0.2, 0.25) is 0 Å². The highest BCUT2D eigenvalue weighted by atomic mass is 31.2. The summed E-state index contributed by atoms with van der Waals surface area (Å²) in [6.07, 6.45) is -4.73. The van der Waals surface area contributed by atoms with E-state index in [2.05, 4.69) is 0 Å². The molecule has 2 rings (SSSR count). The molecule has 1 aromatic rings. The average molecular weight is 338 g/mol. The predicted octanol–water partition coefficient (Wildman–Crippen LogP) is -3.04. The minimum absolute atomic E-state index is 0.0718. The van der Waals surface area contributed by atoms with Crippen LogP contribution in [0.1, 0.15) is 11.8 Å². The van der Waals surface area contributed by atoms with Crippen LogP contribution in [0.3, 0.4) is 0 Å². The third-order valence-corrected chi connectivity index (χ3v) is 5.02. The molecule has 1 fully saturated rings. The number of nitrogens with zero attached hydrogens (tertiary/aromatic N) is 1. The van der Waals surface area contributed by atoms with E-state index in [-0.39, 0.29) is 5.56 Å². The minimum Gasteiger partial charge on any atom is -0.394 e. The first kappa shape index (κ1) is 17.0. The number of aryl methyl sites for hydroxylation is 1. The van der Waals surface area contributed by atoms with Crippen molar-refractivity contribution in [1.82, 2.24) is 9.55 Å². The molecule has 0 amide bonds. The lowest BCUT2D eigenvalue weighted by molar-refractivity contribution is -0.0615. The molecule has 0 aromatic carbocycles. The summed E-state index contributed by atoms with van der Waals surface area (Å²) in [6.45, 7) is 0.348. The third-order valence-electron chi connectivity index (χ3n) is 3.54. The maximum atomic E-state index is 11.8. The van der Waals surface area contributed by atoms with Gasteiger partial charge in [-0.05, 0) is 6.92 Å². The largest absolute Gasteiger partial charge is 0.394 e. The van der Waals surface area contributed by atoms with Gasteiger partial charge in [-0.15, -0.1) is 0 Å². The Morgan fingerprint density at radius 1 is 1.45 bits per heavy atom. The molecule has 4 atom stereocenters. The molecule has 1 aliphatic heterocycles. The molecule has 0 saturated carbocycles. The van der Waals surface area contributed by atoms with Gasteiger partial charge in [0.15, 0.2) is 6.23 Å². The van der Waals surface area contributed by atoms with E-state index in [1.807, 2.05) is 4.98 Å². The molecule has 2 heterocycles. The molecule has 12 heteroatoms. The van der Waals surface area contributed by atoms with Crippen molar-refractivity contribution in [2.45, 2.75) is 30.7 Å². The van der Waals surface area contributed by atoms with Gasteiger partial charge in [-0.25, -0.2) is 4.79 Å². The van der Waals surface area contributed by atoms with Gasteiger partial charge in [0.2, 0.25) is 5.34 Å². The number of aliphatic hydroxyl groups is 3. The molecule has 1 aliphatic rings. The molecule has 0 aliphatic carbocycles. The molecule has 124 valence electrons. The van der Waals surface area contributed by atoms with E-state index in [0.29, 0.717) is 4.57 Å². The highest BCUT2D eigenvalue weighted by Gasteiger charge is 2.65. The second-order valence-electron chi connectivity index (χ2n) is 4.95. The summed E-state index contributed by atoms with van der Waals surface area (Å²) in [5.41, 5.74) is -1.62. The maximum Gasteiger partial charge on any atom is 0.362 e. The number of H-pyrrole nitrogens is 1. The Morgan fingerprint density at radius 2 is 2.05 bits per heavy atom. The fourth-order valence-electron chi connectivity index (χ4n) is 2.27. The lowest BCUT2D eigenvalue weighted by Gasteiger charge is -2.30. The summed E-state index contributed by atoms with van der Waals surface area (Å²) in [5, 5.41) is 26.2. The monoisotopic (exact) mass is 338 g/mol. The number of hydrogen-bond acceptors (Lipinski definition) is 7. The lowest BCUT2D eigenvalue weighted by atomic mass is 10.1. The topological polar surface area (TPSA) is 182 Å². The number of nitrogens with one attached hydrogen (secondary N) is 1. The highest BCUT2D eigenvalue weighted by molar-refractivity contribution is 7.53. The summed E-state index contributed by atoms with van der Waals surface area (Å²) in [7, 11) is -5.32. The number of aliphatic hydroxyl groups excluding tert-OH is 2. The van der Waals surface area contributed by atoms with Gasteiger partial charge in [0.25, 0.3) is 5.56 Å². The molecule has 0 bridgehead atoms. The third kappa shape index (κ3) is 2.36. The maximum absolute atomic E-state index is 11.8. The predicted molar refractivity (Wildman–Crippen MR) is 70.1 cm³/mol. The van der Waals surface area contributed by atoms with E-state index in [9.17, 15) is 34.2 Å². The number of hydrogen-bond donors (Lipinski definition) is 6. The Kier molecular flexibility index (Phi) is 4.17. The Labute approximate surface area is 122 Å². The van der Waals surface area contributed by atoms with Crippen molar-refractivity contribution >= 4 is 7.60 Å². The average Bonchev–Trinajstić information content (AvgIpc) is 2.67. The van der Waals surface area contributed by atoms with Gasteiger partial charge in [-0.1, -0.05) is 0 Å². The van der Waals surface area contributed by atoms with Crippen LogP contribution in [0, 0.1) is 6.92 Å². The van der Waals surface area contributed by atoms with Crippen molar-refractivity contribution in [2.75, 3.05) is 6.61 Å². The molecule has 0 radical (unpaired) electrons. The van der Waals surface area contributed by atoms with Crippen molar-refractivity contribution in [3.63, 3.8) is 0 Å². The van der Waals surface area contributed by atoms with Gasteiger partial charge in [0.1, 0.15) is 12.2 Å². The van der Waals surface area contributed by atoms with E-state index in [1.54, 1.807) is 0 Å². The van der Waals surface area contributed by atoms with Crippen molar-refractivity contribution in [3.05, 3.63) is 32.6 Å². The molecule has 0 spiro atoms. The smallest absolute Gasteiger partial charge is 0.362 e. The molecule has 11 nitrogen and oxygen atoms in total. The van der Waals surface area contributed by atoms with E-state index in [0.717, 1.165) is 6.20 Å². The van der Waals surface area contributed by atoms with Crippen LogP contribution in [-0.4, -0.2) is 58.8 Å². The number of aromatic nitrogens is 2. The van der Waals surface area contributed by atoms with E-state index in [4.69, 9.17) is 9.84 Å². The number of aromatic amines is 1. The standard InChI is InChI=1S/C10H15N2O9P/c1-4-2-12(9(16)11-7(4)15)8-6(14)10(17,22(18,19)20)5(3-13)21-8/h2,5-6,8,13-14,17H,3H2,1H3,(H,11,15,16)(H2,18,19,20)/t5-,6+,8-,10+/m1/s1. The van der Waals surface area contributed by atoms with Crippen LogP contribution >= 0.6 is 7.60 Å². The fraction of sp³-hybridized carbons (Fsp3) is 0.600. The number of ether oxygens (including phenoxy) is 1. The SMILES string of the molecule is Cc1cn([C@@H]2O[C@H](CO)[C@](O)(P(=O)(O)O)[C@H]2O)c(=O)[nH]c1=O. The first-order chi connectivity index (χ1) is 10.0. The van der Waals surface area contributed by atoms with Crippen LogP contribution in [0.15, 0.2) is 15.8 Å². The molecule has 22 heavy (non-hydrogen) atoms. The fourth-order valence-corrected chi connectivity index (χ4v) is 3.26. The second kappa shape index (κ2) is 5.39. The second-order valence-corrected chi connectivity index (χ2v) is 6.75. The van der Waals surface area contributed by atoms with Crippen molar-refractivity contribution in [3.8, 4) is 0 Å². The molecule has 1 saturated heterocycles. The van der Waals surface area contributed by atoms with Gasteiger partial charge < -0.3 is 29.8 Å². The van der Waals surface area contributed by atoms with E-state index < -0.39 is 49.2 Å². The lowest BCUT2D eigenvalue weighted by Crippen LogP contribution is -2.49. The molecular weight excluding hydrogens is 323 g/mol. The Bertz CT molecular complexity index is 737. The minimum atomic E-state index is -5.32. The summed E-state index contributed by atoms with van der Waals surface area (Å²) in [6, 6.07) is 0. The Hall–Kier alpha value is -1.33. The van der Waals surface area contributed by atoms with Crippen LogP contribution in [0.5, 0.6) is 0 Å². The zero-order valence-electron chi connectivity index (χ0n) is 11.3. The Morgan fingerprint density at radius 3 is 2.50 bits per heavy atom. The molecule has 0 unspecified atom stereocenters. The van der Waals surface area contributed by atoms with Crippen LogP contribution in [-0.2, 0) is 9.30 Å².